The molecule has 0 aliphatic heterocycles. The third-order valence-corrected chi connectivity index (χ3v) is 8.55. The largest absolute Gasteiger partial charge is 0.274 e. The maximum atomic E-state index is 4.70. The lowest BCUT2D eigenvalue weighted by Gasteiger charge is -2.11. The van der Waals surface area contributed by atoms with Crippen LogP contribution in [-0.4, -0.2) is 14.6 Å². The summed E-state index contributed by atoms with van der Waals surface area (Å²) in [6.07, 6.45) is 0. The lowest BCUT2D eigenvalue weighted by molar-refractivity contribution is 1.11. The highest BCUT2D eigenvalue weighted by Gasteiger charge is 2.17. The molecular formula is C34H21N3S. The summed E-state index contributed by atoms with van der Waals surface area (Å²) in [6, 6.07) is 45.1. The van der Waals surface area contributed by atoms with Crippen molar-refractivity contribution in [2.75, 3.05) is 0 Å². The monoisotopic (exact) mass is 503 g/mol. The molecule has 0 N–H and O–H groups in total. The highest BCUT2D eigenvalue weighted by Crippen LogP contribution is 2.40. The molecule has 3 nitrogen and oxygen atoms in total. The van der Waals surface area contributed by atoms with E-state index in [4.69, 9.17) is 5.10 Å². The van der Waals surface area contributed by atoms with E-state index in [0.29, 0.717) is 0 Å². The van der Waals surface area contributed by atoms with Gasteiger partial charge in [-0.1, -0.05) is 115 Å². The van der Waals surface area contributed by atoms with Gasteiger partial charge < -0.3 is 0 Å². The summed E-state index contributed by atoms with van der Waals surface area (Å²) in [4.78, 5) is 0. The molecule has 3 aromatic heterocycles. The Morgan fingerprint density at radius 3 is 2.11 bits per heavy atom. The molecule has 8 aromatic rings. The van der Waals surface area contributed by atoms with Gasteiger partial charge >= 0.3 is 0 Å². The molecule has 0 fully saturated rings. The second-order valence-corrected chi connectivity index (χ2v) is 10.6. The molecule has 0 spiro atoms. The molecule has 8 rings (SSSR count). The number of nitrogens with zero attached hydrogens (tertiary/aromatic N) is 3. The molecule has 4 heteroatoms. The number of rotatable bonds is 3. The molecular weight excluding hydrogens is 482 g/mol. The van der Waals surface area contributed by atoms with Crippen molar-refractivity contribution < 1.29 is 0 Å². The second kappa shape index (κ2) is 8.37. The van der Waals surface area contributed by atoms with E-state index < -0.39 is 0 Å². The smallest absolute Gasteiger partial charge is 0.169 e. The number of benzene rings is 5. The summed E-state index contributed by atoms with van der Waals surface area (Å²) in [5, 5.41) is 14.3. The van der Waals surface area contributed by atoms with Gasteiger partial charge in [-0.05, 0) is 34.2 Å². The Labute approximate surface area is 223 Å². The number of hydrogen-bond donors (Lipinski definition) is 0. The predicted octanol–water partition coefficient (Wildman–Crippen LogP) is 9.25. The van der Waals surface area contributed by atoms with Crippen molar-refractivity contribution in [1.29, 1.82) is 0 Å². The summed E-state index contributed by atoms with van der Waals surface area (Å²) < 4.78 is 4.84. The van der Waals surface area contributed by atoms with Crippen LogP contribution >= 0.6 is 11.3 Å². The SMILES string of the molecule is c1ccc(-c2cc3ccccc3c3nnc(-c4ccc(-c5cccc6c5sc5ccccc56)cc4)n23)cc1. The van der Waals surface area contributed by atoms with E-state index in [0.717, 1.165) is 39.1 Å². The van der Waals surface area contributed by atoms with Crippen LogP contribution in [0, 0.1) is 0 Å². The number of pyridine rings is 1. The van der Waals surface area contributed by atoms with Crippen LogP contribution < -0.4 is 0 Å². The molecule has 0 aliphatic carbocycles. The lowest BCUT2D eigenvalue weighted by Crippen LogP contribution is -1.96. The Morgan fingerprint density at radius 1 is 0.526 bits per heavy atom. The minimum absolute atomic E-state index is 0.844. The van der Waals surface area contributed by atoms with E-state index in [1.54, 1.807) is 0 Å². The molecule has 5 aromatic carbocycles. The Balaban J connectivity index is 1.31. The van der Waals surface area contributed by atoms with E-state index >= 15 is 0 Å². The molecule has 0 bridgehead atoms. The van der Waals surface area contributed by atoms with Gasteiger partial charge in [0.2, 0.25) is 0 Å². The van der Waals surface area contributed by atoms with E-state index in [1.165, 1.54) is 31.3 Å². The zero-order chi connectivity index (χ0) is 25.1. The van der Waals surface area contributed by atoms with E-state index in [9.17, 15) is 0 Å². The highest BCUT2D eigenvalue weighted by atomic mass is 32.1. The fourth-order valence-corrected chi connectivity index (χ4v) is 6.75. The van der Waals surface area contributed by atoms with Crippen LogP contribution in [0.5, 0.6) is 0 Å². The fourth-order valence-electron chi connectivity index (χ4n) is 5.51. The molecule has 3 heterocycles. The first kappa shape index (κ1) is 21.3. The van der Waals surface area contributed by atoms with Gasteiger partial charge in [0.25, 0.3) is 0 Å². The number of hydrogen-bond acceptors (Lipinski definition) is 3. The molecule has 0 radical (unpaired) electrons. The Hall–Kier alpha value is -4.80. The van der Waals surface area contributed by atoms with Crippen LogP contribution in [0.4, 0.5) is 0 Å². The Bertz CT molecular complexity index is 2120. The van der Waals surface area contributed by atoms with Crippen molar-refractivity contribution in [2.45, 2.75) is 0 Å². The van der Waals surface area contributed by atoms with Gasteiger partial charge in [0.1, 0.15) is 0 Å². The average Bonchev–Trinajstić information content (AvgIpc) is 3.60. The zero-order valence-corrected chi connectivity index (χ0v) is 21.2. The summed E-state index contributed by atoms with van der Waals surface area (Å²) in [5.74, 6) is 0.844. The first-order valence-corrected chi connectivity index (χ1v) is 13.5. The normalized spacial score (nSPS) is 11.7. The number of fused-ring (bicyclic) bond motifs is 6. The van der Waals surface area contributed by atoms with Crippen LogP contribution in [-0.2, 0) is 0 Å². The quantitative estimate of drug-likeness (QED) is 0.240. The number of thiophene rings is 1. The van der Waals surface area contributed by atoms with Crippen molar-refractivity contribution in [3.63, 3.8) is 0 Å². The fraction of sp³-hybridized carbons (Fsp3) is 0. The average molecular weight is 504 g/mol. The van der Waals surface area contributed by atoms with Crippen LogP contribution in [0.1, 0.15) is 0 Å². The van der Waals surface area contributed by atoms with Gasteiger partial charge in [-0.3, -0.25) is 4.40 Å². The van der Waals surface area contributed by atoms with E-state index in [2.05, 4.69) is 131 Å². The minimum Gasteiger partial charge on any atom is -0.274 e. The summed E-state index contributed by atoms with van der Waals surface area (Å²) in [5.41, 5.74) is 6.59. The van der Waals surface area contributed by atoms with E-state index in [-0.39, 0.29) is 0 Å². The summed E-state index contributed by atoms with van der Waals surface area (Å²) in [7, 11) is 0. The van der Waals surface area contributed by atoms with Crippen molar-refractivity contribution >= 4 is 47.9 Å². The third-order valence-electron chi connectivity index (χ3n) is 7.33. The predicted molar refractivity (Wildman–Crippen MR) is 160 cm³/mol. The zero-order valence-electron chi connectivity index (χ0n) is 20.4. The lowest BCUT2D eigenvalue weighted by atomic mass is 10.0. The Morgan fingerprint density at radius 2 is 1.24 bits per heavy atom. The topological polar surface area (TPSA) is 30.2 Å². The Kier molecular flexibility index (Phi) is 4.69. The molecule has 0 unspecified atom stereocenters. The second-order valence-electron chi connectivity index (χ2n) is 9.52. The first-order chi connectivity index (χ1) is 18.8. The van der Waals surface area contributed by atoms with Crippen LogP contribution in [0.15, 0.2) is 127 Å². The van der Waals surface area contributed by atoms with Gasteiger partial charge in [-0.15, -0.1) is 21.5 Å². The third kappa shape index (κ3) is 3.21. The highest BCUT2D eigenvalue weighted by molar-refractivity contribution is 7.26. The molecule has 0 saturated carbocycles. The summed E-state index contributed by atoms with van der Waals surface area (Å²) in [6.45, 7) is 0. The summed E-state index contributed by atoms with van der Waals surface area (Å²) >= 11 is 1.86. The standard InChI is InChI=1S/C34H21N3S/c1-2-9-23(10-3-1)30-21-25-11-4-5-12-27(25)34-36-35-33(37(30)34)24-19-17-22(18-20-24)26-14-8-15-29-28-13-6-7-16-31(28)38-32(26)29/h1-21H. The van der Waals surface area contributed by atoms with Crippen molar-refractivity contribution in [2.24, 2.45) is 0 Å². The molecule has 0 atom stereocenters. The van der Waals surface area contributed by atoms with Crippen LogP contribution in [0.2, 0.25) is 0 Å². The molecule has 0 aliphatic rings. The van der Waals surface area contributed by atoms with Gasteiger partial charge in [-0.25, -0.2) is 0 Å². The van der Waals surface area contributed by atoms with Crippen LogP contribution in [0.3, 0.4) is 0 Å². The van der Waals surface area contributed by atoms with Gasteiger partial charge in [0.05, 0.1) is 5.69 Å². The van der Waals surface area contributed by atoms with Crippen molar-refractivity contribution in [1.82, 2.24) is 14.6 Å². The van der Waals surface area contributed by atoms with Gasteiger partial charge in [0, 0.05) is 31.1 Å². The van der Waals surface area contributed by atoms with Crippen LogP contribution in [0.25, 0.3) is 70.4 Å². The molecule has 38 heavy (non-hydrogen) atoms. The van der Waals surface area contributed by atoms with Crippen molar-refractivity contribution in [3.05, 3.63) is 127 Å². The maximum Gasteiger partial charge on any atom is 0.169 e. The molecule has 0 saturated heterocycles. The maximum absolute atomic E-state index is 4.70. The van der Waals surface area contributed by atoms with E-state index in [1.807, 2.05) is 17.4 Å². The molecule has 178 valence electrons. The van der Waals surface area contributed by atoms with Gasteiger partial charge in [-0.2, -0.15) is 0 Å². The molecule has 0 amide bonds. The van der Waals surface area contributed by atoms with Crippen molar-refractivity contribution in [3.8, 4) is 33.8 Å². The van der Waals surface area contributed by atoms with Gasteiger partial charge in [0.15, 0.2) is 11.5 Å². The first-order valence-electron chi connectivity index (χ1n) is 12.7. The minimum atomic E-state index is 0.844. The number of aromatic nitrogens is 3.